The maximum atomic E-state index is 13.1. The van der Waals surface area contributed by atoms with Gasteiger partial charge in [-0.05, 0) is 58.7 Å². The number of aryl methyl sites for hydroxylation is 1. The minimum absolute atomic E-state index is 0.145. The number of nitrogens with zero attached hydrogens (tertiary/aromatic N) is 3. The lowest BCUT2D eigenvalue weighted by atomic mass is 10.1. The SMILES string of the molecule is Cc1cc(N(C(=O)NNC(N)C=O)C(=O)c2ccccc2)ccc1Oc1ncc(Br)cn1. The van der Waals surface area contributed by atoms with E-state index < -0.39 is 18.1 Å². The van der Waals surface area contributed by atoms with E-state index in [4.69, 9.17) is 10.5 Å². The highest BCUT2D eigenvalue weighted by Gasteiger charge is 2.26. The molecule has 0 spiro atoms. The van der Waals surface area contributed by atoms with Crippen LogP contribution in [0.15, 0.2) is 65.4 Å². The molecular formula is C21H19BrN6O4. The molecule has 4 N–H and O–H groups in total. The van der Waals surface area contributed by atoms with Crippen LogP contribution in [0.5, 0.6) is 11.8 Å². The summed E-state index contributed by atoms with van der Waals surface area (Å²) in [6.45, 7) is 1.75. The second-order valence-corrected chi connectivity index (χ2v) is 7.39. The lowest BCUT2D eigenvalue weighted by Crippen LogP contribution is -2.55. The van der Waals surface area contributed by atoms with E-state index in [-0.39, 0.29) is 11.7 Å². The summed E-state index contributed by atoms with van der Waals surface area (Å²) in [5.41, 5.74) is 11.2. The van der Waals surface area contributed by atoms with Crippen LogP contribution in [0.25, 0.3) is 0 Å². The van der Waals surface area contributed by atoms with Gasteiger partial charge in [0.05, 0.1) is 10.2 Å². The maximum Gasteiger partial charge on any atom is 0.343 e. The van der Waals surface area contributed by atoms with Gasteiger partial charge in [0.2, 0.25) is 0 Å². The highest BCUT2D eigenvalue weighted by atomic mass is 79.9. The first-order chi connectivity index (χ1) is 15.4. The van der Waals surface area contributed by atoms with Gasteiger partial charge in [-0.1, -0.05) is 18.2 Å². The molecule has 0 saturated heterocycles. The molecule has 0 bridgehead atoms. The van der Waals surface area contributed by atoms with E-state index in [2.05, 4.69) is 36.7 Å². The third-order valence-corrected chi connectivity index (χ3v) is 4.54. The highest BCUT2D eigenvalue weighted by Crippen LogP contribution is 2.28. The number of hydrogen-bond donors (Lipinski definition) is 3. The first-order valence-electron chi connectivity index (χ1n) is 9.31. The van der Waals surface area contributed by atoms with Gasteiger partial charge < -0.3 is 15.3 Å². The zero-order valence-corrected chi connectivity index (χ0v) is 18.4. The summed E-state index contributed by atoms with van der Waals surface area (Å²) in [4.78, 5) is 45.7. The Morgan fingerprint density at radius 1 is 1.16 bits per heavy atom. The quantitative estimate of drug-likeness (QED) is 0.256. The van der Waals surface area contributed by atoms with Gasteiger partial charge in [0.15, 0.2) is 6.29 Å². The molecule has 2 aromatic carbocycles. The third-order valence-electron chi connectivity index (χ3n) is 4.13. The molecule has 1 atom stereocenters. The minimum Gasteiger partial charge on any atom is -0.424 e. The molecule has 0 radical (unpaired) electrons. The van der Waals surface area contributed by atoms with Gasteiger partial charge in [0, 0.05) is 18.0 Å². The fourth-order valence-electron chi connectivity index (χ4n) is 2.61. The van der Waals surface area contributed by atoms with Gasteiger partial charge in [0.25, 0.3) is 5.91 Å². The Bertz CT molecular complexity index is 1110. The number of ether oxygens (including phenoxy) is 1. The Morgan fingerprint density at radius 2 is 1.84 bits per heavy atom. The number of aldehydes is 1. The Labute approximate surface area is 191 Å². The van der Waals surface area contributed by atoms with E-state index in [1.807, 2.05) is 0 Å². The number of hydrazine groups is 1. The molecule has 11 heteroatoms. The first kappa shape index (κ1) is 23.0. The normalized spacial score (nSPS) is 11.3. The van der Waals surface area contributed by atoms with Crippen LogP contribution in [0.2, 0.25) is 0 Å². The Balaban J connectivity index is 1.90. The monoisotopic (exact) mass is 498 g/mol. The summed E-state index contributed by atoms with van der Waals surface area (Å²) in [7, 11) is 0. The summed E-state index contributed by atoms with van der Waals surface area (Å²) in [6.07, 6.45) is 2.38. The van der Waals surface area contributed by atoms with Gasteiger partial charge in [-0.15, -0.1) is 0 Å². The average Bonchev–Trinajstić information content (AvgIpc) is 2.81. The smallest absolute Gasteiger partial charge is 0.343 e. The average molecular weight is 499 g/mol. The van der Waals surface area contributed by atoms with Crippen LogP contribution in [0, 0.1) is 6.92 Å². The molecule has 10 nitrogen and oxygen atoms in total. The largest absolute Gasteiger partial charge is 0.424 e. The number of carbonyl (C=O) groups is 3. The van der Waals surface area contributed by atoms with Crippen molar-refractivity contribution in [2.24, 2.45) is 5.73 Å². The number of imide groups is 1. The zero-order chi connectivity index (χ0) is 23.1. The number of amides is 3. The first-order valence-corrected chi connectivity index (χ1v) is 10.1. The van der Waals surface area contributed by atoms with Gasteiger partial charge in [0.1, 0.15) is 11.9 Å². The molecule has 164 valence electrons. The number of nitrogens with two attached hydrogens (primary N) is 1. The third kappa shape index (κ3) is 5.72. The van der Waals surface area contributed by atoms with Crippen LogP contribution >= 0.6 is 15.9 Å². The van der Waals surface area contributed by atoms with E-state index in [0.717, 1.165) is 4.90 Å². The van der Waals surface area contributed by atoms with E-state index >= 15 is 0 Å². The van der Waals surface area contributed by atoms with Crippen molar-refractivity contribution in [3.63, 3.8) is 0 Å². The highest BCUT2D eigenvalue weighted by molar-refractivity contribution is 9.10. The molecule has 0 fully saturated rings. The fourth-order valence-corrected chi connectivity index (χ4v) is 2.81. The van der Waals surface area contributed by atoms with Gasteiger partial charge in [-0.3, -0.25) is 10.2 Å². The van der Waals surface area contributed by atoms with Crippen molar-refractivity contribution in [3.05, 3.63) is 76.5 Å². The van der Waals surface area contributed by atoms with E-state index in [1.54, 1.807) is 67.8 Å². The van der Waals surface area contributed by atoms with Gasteiger partial charge in [-0.2, -0.15) is 0 Å². The van der Waals surface area contributed by atoms with Crippen molar-refractivity contribution in [1.29, 1.82) is 0 Å². The van der Waals surface area contributed by atoms with Crippen LogP contribution in [0.4, 0.5) is 10.5 Å². The summed E-state index contributed by atoms with van der Waals surface area (Å²) in [5.74, 6) is -0.126. The standard InChI is InChI=1S/C21H19BrN6O4/c1-13-9-16(7-8-17(13)32-20-24-10-15(22)11-25-20)28(21(31)27-26-18(23)12-29)19(30)14-5-3-2-4-6-14/h2-12,18,26H,23H2,1H3,(H,27,31). The van der Waals surface area contributed by atoms with Crippen LogP contribution < -0.4 is 26.2 Å². The number of anilines is 1. The van der Waals surface area contributed by atoms with Crippen molar-refractivity contribution < 1.29 is 19.1 Å². The molecule has 0 aliphatic rings. The fraction of sp³-hybridized carbons (Fsp3) is 0.0952. The van der Waals surface area contributed by atoms with Crippen molar-refractivity contribution in [2.45, 2.75) is 13.1 Å². The summed E-state index contributed by atoms with van der Waals surface area (Å²) in [6, 6.07) is 12.4. The van der Waals surface area contributed by atoms with E-state index in [0.29, 0.717) is 27.6 Å². The Kier molecular flexibility index (Phi) is 7.60. The molecule has 3 amide bonds. The van der Waals surface area contributed by atoms with Crippen LogP contribution in [0.1, 0.15) is 15.9 Å². The number of aromatic nitrogens is 2. The minimum atomic E-state index is -1.13. The second-order valence-electron chi connectivity index (χ2n) is 6.48. The molecule has 1 unspecified atom stereocenters. The summed E-state index contributed by atoms with van der Waals surface area (Å²) >= 11 is 3.26. The number of urea groups is 1. The second kappa shape index (κ2) is 10.6. The molecule has 0 saturated carbocycles. The van der Waals surface area contributed by atoms with Crippen molar-refractivity contribution in [2.75, 3.05) is 4.90 Å². The topological polar surface area (TPSA) is 140 Å². The number of benzene rings is 2. The van der Waals surface area contributed by atoms with Crippen molar-refractivity contribution in [3.8, 4) is 11.8 Å². The molecule has 0 aliphatic heterocycles. The molecule has 32 heavy (non-hydrogen) atoms. The lowest BCUT2D eigenvalue weighted by Gasteiger charge is -2.23. The number of carbonyl (C=O) groups excluding carboxylic acids is 3. The molecule has 1 aromatic heterocycles. The number of hydrogen-bond acceptors (Lipinski definition) is 8. The molecule has 3 rings (SSSR count). The predicted octanol–water partition coefficient (Wildman–Crippen LogP) is 2.68. The Morgan fingerprint density at radius 3 is 2.47 bits per heavy atom. The maximum absolute atomic E-state index is 13.1. The van der Waals surface area contributed by atoms with Crippen LogP contribution in [-0.2, 0) is 4.79 Å². The number of nitrogens with one attached hydrogen (secondary N) is 2. The Hall–Kier alpha value is -3.67. The molecule has 3 aromatic rings. The molecule has 1 heterocycles. The van der Waals surface area contributed by atoms with Crippen molar-refractivity contribution in [1.82, 2.24) is 20.8 Å². The van der Waals surface area contributed by atoms with Crippen molar-refractivity contribution >= 4 is 39.8 Å². The van der Waals surface area contributed by atoms with Crippen LogP contribution in [0.3, 0.4) is 0 Å². The molecule has 0 aliphatic carbocycles. The van der Waals surface area contributed by atoms with E-state index in [1.165, 1.54) is 0 Å². The number of halogens is 1. The van der Waals surface area contributed by atoms with E-state index in [9.17, 15) is 14.4 Å². The zero-order valence-electron chi connectivity index (χ0n) is 16.9. The van der Waals surface area contributed by atoms with Gasteiger partial charge >= 0.3 is 12.0 Å². The lowest BCUT2D eigenvalue weighted by molar-refractivity contribution is -0.109. The number of rotatable bonds is 7. The predicted molar refractivity (Wildman–Crippen MR) is 120 cm³/mol. The molecular weight excluding hydrogens is 480 g/mol. The van der Waals surface area contributed by atoms with Gasteiger partial charge in [-0.25, -0.2) is 25.1 Å². The summed E-state index contributed by atoms with van der Waals surface area (Å²) in [5, 5.41) is 0. The summed E-state index contributed by atoms with van der Waals surface area (Å²) < 4.78 is 6.39. The van der Waals surface area contributed by atoms with Crippen LogP contribution in [-0.4, -0.2) is 34.4 Å².